The highest BCUT2D eigenvalue weighted by molar-refractivity contribution is 7.10. The van der Waals surface area contributed by atoms with Crippen LogP contribution < -0.4 is 10.2 Å². The highest BCUT2D eigenvalue weighted by Crippen LogP contribution is 2.22. The number of nitrogens with zero attached hydrogens (tertiary/aromatic N) is 2. The number of rotatable bonds is 10. The first-order valence-corrected chi connectivity index (χ1v) is 13.1. The Morgan fingerprint density at radius 3 is 2.49 bits per heavy atom. The Balaban J connectivity index is 1.42. The van der Waals surface area contributed by atoms with Gasteiger partial charge in [0.1, 0.15) is 5.82 Å². The third-order valence-corrected chi connectivity index (χ3v) is 7.12. The lowest BCUT2D eigenvalue weighted by atomic mass is 10.1. The first kappa shape index (κ1) is 25.1. The molecule has 2 aromatic carbocycles. The molecule has 5 nitrogen and oxygen atoms in total. The second-order valence-corrected chi connectivity index (χ2v) is 9.99. The number of likely N-dealkylation sites (tertiary alicyclic amines) is 1. The average Bonchev–Trinajstić information content (AvgIpc) is 3.37. The molecule has 35 heavy (non-hydrogen) atoms. The van der Waals surface area contributed by atoms with Crippen LogP contribution in [-0.4, -0.2) is 42.9 Å². The Bertz CT molecular complexity index is 1100. The summed E-state index contributed by atoms with van der Waals surface area (Å²) >= 11 is 1.55. The fraction of sp³-hybridized carbons (Fsp3) is 0.357. The van der Waals surface area contributed by atoms with E-state index < -0.39 is 0 Å². The lowest BCUT2D eigenvalue weighted by Crippen LogP contribution is -2.38. The molecule has 0 saturated carbocycles. The van der Waals surface area contributed by atoms with Crippen molar-refractivity contribution in [2.24, 2.45) is 0 Å². The molecule has 1 saturated heterocycles. The van der Waals surface area contributed by atoms with Crippen molar-refractivity contribution in [2.75, 3.05) is 31.1 Å². The summed E-state index contributed by atoms with van der Waals surface area (Å²) in [6.45, 7) is 4.08. The Kier molecular flexibility index (Phi) is 9.03. The van der Waals surface area contributed by atoms with Gasteiger partial charge in [0.25, 0.3) is 0 Å². The third kappa shape index (κ3) is 7.73. The van der Waals surface area contributed by atoms with Gasteiger partial charge in [0.2, 0.25) is 11.8 Å². The van der Waals surface area contributed by atoms with Crippen LogP contribution in [0, 0.1) is 5.82 Å². The third-order valence-electron chi connectivity index (χ3n) is 6.25. The van der Waals surface area contributed by atoms with Crippen LogP contribution in [0.3, 0.4) is 0 Å². The van der Waals surface area contributed by atoms with Gasteiger partial charge in [-0.15, -0.1) is 11.3 Å². The number of anilines is 1. The average molecular weight is 494 g/mol. The second kappa shape index (κ2) is 12.6. The van der Waals surface area contributed by atoms with Gasteiger partial charge in [-0.2, -0.15) is 0 Å². The fourth-order valence-electron chi connectivity index (χ4n) is 4.37. The second-order valence-electron chi connectivity index (χ2n) is 8.96. The number of hydrogen-bond donors (Lipinski definition) is 1. The van der Waals surface area contributed by atoms with E-state index in [0.717, 1.165) is 41.3 Å². The summed E-state index contributed by atoms with van der Waals surface area (Å²) in [6, 6.07) is 17.7. The van der Waals surface area contributed by atoms with Crippen molar-refractivity contribution in [3.05, 3.63) is 87.9 Å². The van der Waals surface area contributed by atoms with Crippen molar-refractivity contribution < 1.29 is 14.0 Å². The van der Waals surface area contributed by atoms with E-state index in [0.29, 0.717) is 19.5 Å². The Morgan fingerprint density at radius 1 is 0.943 bits per heavy atom. The first-order chi connectivity index (χ1) is 17.1. The zero-order valence-electron chi connectivity index (χ0n) is 19.9. The maximum Gasteiger partial charge on any atom is 0.232 e. The standard InChI is InChI=1S/C28H32FN3O2S/c29-24-11-9-22(10-12-24)21-32(28(34)20-26-8-5-17-35-26)25-7-4-6-23(18-25)19-27(33)30-13-16-31-14-2-1-3-15-31/h4-12,17-18H,1-3,13-16,19-21H2,(H,30,33). The van der Waals surface area contributed by atoms with E-state index in [1.165, 1.54) is 31.4 Å². The van der Waals surface area contributed by atoms with Gasteiger partial charge >= 0.3 is 0 Å². The van der Waals surface area contributed by atoms with Crippen molar-refractivity contribution in [1.82, 2.24) is 10.2 Å². The molecule has 1 aliphatic heterocycles. The predicted molar refractivity (Wildman–Crippen MR) is 139 cm³/mol. The number of nitrogens with one attached hydrogen (secondary N) is 1. The van der Waals surface area contributed by atoms with Crippen LogP contribution in [0.4, 0.5) is 10.1 Å². The number of carbonyl (C=O) groups excluding carboxylic acids is 2. The van der Waals surface area contributed by atoms with Gasteiger partial charge in [-0.3, -0.25) is 9.59 Å². The van der Waals surface area contributed by atoms with Crippen LogP contribution in [-0.2, 0) is 29.0 Å². The summed E-state index contributed by atoms with van der Waals surface area (Å²) in [7, 11) is 0. The van der Waals surface area contributed by atoms with Crippen molar-refractivity contribution >= 4 is 28.8 Å². The summed E-state index contributed by atoms with van der Waals surface area (Å²) in [6.07, 6.45) is 4.32. The highest BCUT2D eigenvalue weighted by Gasteiger charge is 2.18. The minimum Gasteiger partial charge on any atom is -0.355 e. The maximum atomic E-state index is 13.4. The molecule has 0 aliphatic carbocycles. The van der Waals surface area contributed by atoms with Gasteiger partial charge in [-0.1, -0.05) is 36.8 Å². The molecule has 1 aromatic heterocycles. The van der Waals surface area contributed by atoms with E-state index in [-0.39, 0.29) is 24.1 Å². The highest BCUT2D eigenvalue weighted by atomic mass is 32.1. The van der Waals surface area contributed by atoms with Crippen molar-refractivity contribution in [3.8, 4) is 0 Å². The Morgan fingerprint density at radius 2 is 1.74 bits per heavy atom. The SMILES string of the molecule is O=C(Cc1cccc(N(Cc2ccc(F)cc2)C(=O)Cc2cccs2)c1)NCCN1CCCCC1. The molecule has 1 N–H and O–H groups in total. The minimum absolute atomic E-state index is 0.0193. The molecule has 7 heteroatoms. The van der Waals surface area contributed by atoms with Crippen LogP contribution in [0.1, 0.15) is 35.3 Å². The van der Waals surface area contributed by atoms with Crippen molar-refractivity contribution in [2.45, 2.75) is 38.6 Å². The van der Waals surface area contributed by atoms with Crippen LogP contribution in [0.5, 0.6) is 0 Å². The maximum absolute atomic E-state index is 13.4. The van der Waals surface area contributed by atoms with Gasteiger partial charge in [-0.25, -0.2) is 4.39 Å². The van der Waals surface area contributed by atoms with E-state index in [1.807, 2.05) is 41.8 Å². The smallest absolute Gasteiger partial charge is 0.232 e. The summed E-state index contributed by atoms with van der Waals surface area (Å²) < 4.78 is 13.4. The molecule has 1 aliphatic rings. The lowest BCUT2D eigenvalue weighted by Gasteiger charge is -2.26. The predicted octanol–water partition coefficient (Wildman–Crippen LogP) is 4.81. The number of benzene rings is 2. The molecule has 2 amide bonds. The molecule has 4 rings (SSSR count). The Hall–Kier alpha value is -3.03. The molecule has 184 valence electrons. The quantitative estimate of drug-likeness (QED) is 0.441. The van der Waals surface area contributed by atoms with Gasteiger partial charge in [0.15, 0.2) is 0 Å². The molecule has 0 radical (unpaired) electrons. The van der Waals surface area contributed by atoms with Crippen molar-refractivity contribution in [3.63, 3.8) is 0 Å². The van der Waals surface area contributed by atoms with Crippen LogP contribution in [0.15, 0.2) is 66.0 Å². The van der Waals surface area contributed by atoms with Crippen LogP contribution >= 0.6 is 11.3 Å². The van der Waals surface area contributed by atoms with E-state index in [4.69, 9.17) is 0 Å². The molecular weight excluding hydrogens is 461 g/mol. The number of hydrogen-bond acceptors (Lipinski definition) is 4. The monoisotopic (exact) mass is 493 g/mol. The number of amides is 2. The van der Waals surface area contributed by atoms with Crippen LogP contribution in [0.25, 0.3) is 0 Å². The van der Waals surface area contributed by atoms with Gasteiger partial charge in [-0.05, 0) is 72.8 Å². The van der Waals surface area contributed by atoms with Crippen LogP contribution in [0.2, 0.25) is 0 Å². The number of carbonyl (C=O) groups is 2. The number of halogens is 1. The molecule has 3 aromatic rings. The normalized spacial score (nSPS) is 14.0. The summed E-state index contributed by atoms with van der Waals surface area (Å²) in [5, 5.41) is 4.99. The lowest BCUT2D eigenvalue weighted by molar-refractivity contribution is -0.120. The largest absolute Gasteiger partial charge is 0.355 e. The number of piperidine rings is 1. The number of thiophene rings is 1. The summed E-state index contributed by atoms with van der Waals surface area (Å²) in [5.74, 6) is -0.368. The van der Waals surface area contributed by atoms with Gasteiger partial charge in [0.05, 0.1) is 19.4 Å². The molecule has 2 heterocycles. The van der Waals surface area contributed by atoms with E-state index in [1.54, 1.807) is 28.4 Å². The van der Waals surface area contributed by atoms with E-state index >= 15 is 0 Å². The van der Waals surface area contributed by atoms with E-state index in [9.17, 15) is 14.0 Å². The topological polar surface area (TPSA) is 52.7 Å². The zero-order chi connectivity index (χ0) is 24.5. The van der Waals surface area contributed by atoms with Gasteiger partial charge in [0, 0.05) is 23.7 Å². The van der Waals surface area contributed by atoms with E-state index in [2.05, 4.69) is 10.2 Å². The van der Waals surface area contributed by atoms with Crippen molar-refractivity contribution in [1.29, 1.82) is 0 Å². The molecular formula is C28H32FN3O2S. The molecule has 0 bridgehead atoms. The first-order valence-electron chi connectivity index (χ1n) is 12.2. The molecule has 0 atom stereocenters. The summed E-state index contributed by atoms with van der Waals surface area (Å²) in [4.78, 5) is 30.9. The zero-order valence-corrected chi connectivity index (χ0v) is 20.7. The molecule has 0 spiro atoms. The fourth-order valence-corrected chi connectivity index (χ4v) is 5.07. The molecule has 0 unspecified atom stereocenters. The minimum atomic E-state index is -0.307. The Labute approximate surface area is 210 Å². The summed E-state index contributed by atoms with van der Waals surface area (Å²) in [5.41, 5.74) is 2.42. The van der Waals surface area contributed by atoms with Gasteiger partial charge < -0.3 is 15.1 Å². The molecule has 1 fully saturated rings.